The van der Waals surface area contributed by atoms with Crippen LogP contribution in [0.25, 0.3) is 0 Å². The van der Waals surface area contributed by atoms with Crippen LogP contribution in [0.15, 0.2) is 42.5 Å². The van der Waals surface area contributed by atoms with E-state index in [4.69, 9.17) is 0 Å². The minimum atomic E-state index is -0.144. The van der Waals surface area contributed by atoms with Crippen LogP contribution >= 0.6 is 0 Å². The summed E-state index contributed by atoms with van der Waals surface area (Å²) in [6.45, 7) is 4.77. The van der Waals surface area contributed by atoms with Gasteiger partial charge in [0.05, 0.1) is 0 Å². The fraction of sp³-hybridized carbons (Fsp3) is 0.263. The third-order valence-corrected chi connectivity index (χ3v) is 3.99. The number of nitrogens with zero attached hydrogens (tertiary/aromatic N) is 1. The summed E-state index contributed by atoms with van der Waals surface area (Å²) in [7, 11) is 0. The van der Waals surface area contributed by atoms with E-state index < -0.39 is 0 Å². The molecule has 23 heavy (non-hydrogen) atoms. The molecule has 0 bridgehead atoms. The lowest BCUT2D eigenvalue weighted by Crippen LogP contribution is -2.23. The van der Waals surface area contributed by atoms with Gasteiger partial charge in [-0.3, -0.25) is 9.59 Å². The molecular weight excluding hydrogens is 288 g/mol. The second-order valence-electron chi connectivity index (χ2n) is 6.03. The number of carbonyl (C=O) groups is 2. The lowest BCUT2D eigenvalue weighted by molar-refractivity contribution is -0.117. The Bertz CT molecular complexity index is 730. The smallest absolute Gasteiger partial charge is 0.255 e. The minimum absolute atomic E-state index is 0.144. The van der Waals surface area contributed by atoms with E-state index in [0.717, 1.165) is 35.5 Å². The molecule has 1 aliphatic heterocycles. The van der Waals surface area contributed by atoms with Crippen molar-refractivity contribution in [2.45, 2.75) is 26.7 Å². The lowest BCUT2D eigenvalue weighted by atomic mass is 10.1. The molecule has 2 aromatic rings. The topological polar surface area (TPSA) is 49.4 Å². The third kappa shape index (κ3) is 3.42. The van der Waals surface area contributed by atoms with Gasteiger partial charge < -0.3 is 10.2 Å². The van der Waals surface area contributed by atoms with Gasteiger partial charge in [-0.2, -0.15) is 0 Å². The molecule has 0 unspecified atom stereocenters. The van der Waals surface area contributed by atoms with E-state index in [1.165, 1.54) is 0 Å². The molecule has 0 radical (unpaired) electrons. The van der Waals surface area contributed by atoms with Crippen molar-refractivity contribution in [2.24, 2.45) is 0 Å². The van der Waals surface area contributed by atoms with Gasteiger partial charge in [-0.05, 0) is 67.8 Å². The number of amides is 2. The fourth-order valence-electron chi connectivity index (χ4n) is 2.96. The maximum Gasteiger partial charge on any atom is 0.255 e. The van der Waals surface area contributed by atoms with Crippen molar-refractivity contribution in [3.05, 3.63) is 59.2 Å². The van der Waals surface area contributed by atoms with Gasteiger partial charge in [0.25, 0.3) is 5.91 Å². The highest BCUT2D eigenvalue weighted by Gasteiger charge is 2.21. The number of rotatable bonds is 3. The Balaban J connectivity index is 1.73. The Morgan fingerprint density at radius 1 is 1.04 bits per heavy atom. The quantitative estimate of drug-likeness (QED) is 0.940. The SMILES string of the molecule is Cc1cc(C)cc(NC(=O)c2ccc(N3CCCC3=O)cc2)c1. The van der Waals surface area contributed by atoms with Crippen LogP contribution in [0, 0.1) is 13.8 Å². The molecule has 4 heteroatoms. The van der Waals surface area contributed by atoms with Gasteiger partial charge in [-0.1, -0.05) is 6.07 Å². The fourth-order valence-corrected chi connectivity index (χ4v) is 2.96. The summed E-state index contributed by atoms with van der Waals surface area (Å²) in [6, 6.07) is 13.2. The predicted molar refractivity (Wildman–Crippen MR) is 91.9 cm³/mol. The molecule has 1 saturated heterocycles. The molecule has 2 aromatic carbocycles. The Kier molecular flexibility index (Phi) is 4.15. The predicted octanol–water partition coefficient (Wildman–Crippen LogP) is 3.68. The van der Waals surface area contributed by atoms with Crippen LogP contribution in [0.2, 0.25) is 0 Å². The van der Waals surface area contributed by atoms with Crippen LogP contribution in [-0.2, 0) is 4.79 Å². The molecule has 2 amide bonds. The van der Waals surface area contributed by atoms with Crippen LogP contribution in [0.4, 0.5) is 11.4 Å². The van der Waals surface area contributed by atoms with Crippen molar-refractivity contribution in [1.29, 1.82) is 0 Å². The molecule has 0 atom stereocenters. The van der Waals surface area contributed by atoms with Gasteiger partial charge in [0, 0.05) is 29.9 Å². The second kappa shape index (κ2) is 6.24. The Morgan fingerprint density at radius 3 is 2.26 bits per heavy atom. The largest absolute Gasteiger partial charge is 0.322 e. The summed E-state index contributed by atoms with van der Waals surface area (Å²) in [6.07, 6.45) is 1.50. The molecule has 118 valence electrons. The highest BCUT2D eigenvalue weighted by molar-refractivity contribution is 6.05. The summed E-state index contributed by atoms with van der Waals surface area (Å²) in [5, 5.41) is 2.92. The Hall–Kier alpha value is -2.62. The molecule has 0 aromatic heterocycles. The van der Waals surface area contributed by atoms with Crippen molar-refractivity contribution in [3.63, 3.8) is 0 Å². The van der Waals surface area contributed by atoms with Crippen molar-refractivity contribution in [1.82, 2.24) is 0 Å². The first-order valence-electron chi connectivity index (χ1n) is 7.83. The van der Waals surface area contributed by atoms with Crippen molar-refractivity contribution in [3.8, 4) is 0 Å². The first-order valence-corrected chi connectivity index (χ1v) is 7.83. The highest BCUT2D eigenvalue weighted by Crippen LogP contribution is 2.22. The average molecular weight is 308 g/mol. The number of hydrogen-bond acceptors (Lipinski definition) is 2. The molecule has 0 saturated carbocycles. The van der Waals surface area contributed by atoms with Crippen LogP contribution < -0.4 is 10.2 Å². The monoisotopic (exact) mass is 308 g/mol. The van der Waals surface area contributed by atoms with E-state index in [1.807, 2.05) is 38.1 Å². The number of anilines is 2. The number of carbonyl (C=O) groups excluding carboxylic acids is 2. The van der Waals surface area contributed by atoms with Gasteiger partial charge >= 0.3 is 0 Å². The zero-order chi connectivity index (χ0) is 16.4. The van der Waals surface area contributed by atoms with E-state index >= 15 is 0 Å². The van der Waals surface area contributed by atoms with E-state index in [9.17, 15) is 9.59 Å². The summed E-state index contributed by atoms with van der Waals surface area (Å²) in [5.41, 5.74) is 4.47. The van der Waals surface area contributed by atoms with E-state index in [2.05, 4.69) is 11.4 Å². The molecule has 4 nitrogen and oxygen atoms in total. The van der Waals surface area contributed by atoms with Gasteiger partial charge in [-0.15, -0.1) is 0 Å². The first-order chi connectivity index (χ1) is 11.0. The standard InChI is InChI=1S/C19H20N2O2/c1-13-10-14(2)12-16(11-13)20-19(23)15-5-7-17(8-6-15)21-9-3-4-18(21)22/h5-8,10-12H,3-4,9H2,1-2H3,(H,20,23). The molecular formula is C19H20N2O2. The molecule has 3 rings (SSSR count). The first kappa shape index (κ1) is 15.3. The zero-order valence-corrected chi connectivity index (χ0v) is 13.4. The van der Waals surface area contributed by atoms with Gasteiger partial charge in [-0.25, -0.2) is 0 Å². The maximum atomic E-state index is 12.3. The number of benzene rings is 2. The normalized spacial score (nSPS) is 14.2. The van der Waals surface area contributed by atoms with Crippen molar-refractivity contribution in [2.75, 3.05) is 16.8 Å². The number of aryl methyl sites for hydroxylation is 2. The van der Waals surface area contributed by atoms with Crippen LogP contribution in [0.1, 0.15) is 34.3 Å². The molecule has 1 N–H and O–H groups in total. The molecule has 0 aliphatic carbocycles. The second-order valence-corrected chi connectivity index (χ2v) is 6.03. The van der Waals surface area contributed by atoms with Gasteiger partial charge in [0.2, 0.25) is 5.91 Å². The van der Waals surface area contributed by atoms with Crippen molar-refractivity contribution < 1.29 is 9.59 Å². The molecule has 0 spiro atoms. The minimum Gasteiger partial charge on any atom is -0.322 e. The summed E-state index contributed by atoms with van der Waals surface area (Å²) < 4.78 is 0. The highest BCUT2D eigenvalue weighted by atomic mass is 16.2. The van der Waals surface area contributed by atoms with Crippen LogP contribution in [0.5, 0.6) is 0 Å². The number of hydrogen-bond donors (Lipinski definition) is 1. The maximum absolute atomic E-state index is 12.3. The van der Waals surface area contributed by atoms with E-state index in [-0.39, 0.29) is 11.8 Å². The van der Waals surface area contributed by atoms with Crippen LogP contribution in [0.3, 0.4) is 0 Å². The summed E-state index contributed by atoms with van der Waals surface area (Å²) in [4.78, 5) is 25.9. The average Bonchev–Trinajstić information content (AvgIpc) is 2.92. The van der Waals surface area contributed by atoms with Gasteiger partial charge in [0.1, 0.15) is 0 Å². The van der Waals surface area contributed by atoms with Gasteiger partial charge in [0.15, 0.2) is 0 Å². The Morgan fingerprint density at radius 2 is 1.70 bits per heavy atom. The third-order valence-electron chi connectivity index (χ3n) is 3.99. The van der Waals surface area contributed by atoms with E-state index in [0.29, 0.717) is 12.0 Å². The zero-order valence-electron chi connectivity index (χ0n) is 13.4. The van der Waals surface area contributed by atoms with Crippen LogP contribution in [-0.4, -0.2) is 18.4 Å². The summed E-state index contributed by atoms with van der Waals surface area (Å²) in [5.74, 6) is 0.00624. The van der Waals surface area contributed by atoms with E-state index in [1.54, 1.807) is 17.0 Å². The summed E-state index contributed by atoms with van der Waals surface area (Å²) >= 11 is 0. The number of nitrogens with one attached hydrogen (secondary N) is 1. The molecule has 1 fully saturated rings. The van der Waals surface area contributed by atoms with Crippen molar-refractivity contribution >= 4 is 23.2 Å². The molecule has 1 aliphatic rings. The lowest BCUT2D eigenvalue weighted by Gasteiger charge is -2.16. The molecule has 1 heterocycles. The Labute approximate surface area is 136 Å².